The van der Waals surface area contributed by atoms with Crippen molar-refractivity contribution in [1.29, 1.82) is 0 Å². The van der Waals surface area contributed by atoms with Crippen molar-refractivity contribution in [2.75, 3.05) is 0 Å². The zero-order chi connectivity index (χ0) is 22.8. The van der Waals surface area contributed by atoms with Crippen LogP contribution in [-0.2, 0) is 0 Å². The van der Waals surface area contributed by atoms with Gasteiger partial charge >= 0.3 is 6.18 Å². The van der Waals surface area contributed by atoms with Gasteiger partial charge in [0.05, 0.1) is 0 Å². The van der Waals surface area contributed by atoms with Gasteiger partial charge in [0.1, 0.15) is 5.60 Å². The molecular formula is C26H39F3O2. The summed E-state index contributed by atoms with van der Waals surface area (Å²) in [6, 6.07) is 0. The highest BCUT2D eigenvalue weighted by Crippen LogP contribution is 2.69. The Morgan fingerprint density at radius 1 is 0.935 bits per heavy atom. The molecule has 5 heteroatoms. The minimum Gasteiger partial charge on any atom is -0.383 e. The van der Waals surface area contributed by atoms with E-state index in [0.717, 1.165) is 57.8 Å². The van der Waals surface area contributed by atoms with Gasteiger partial charge in [0.15, 0.2) is 6.10 Å². The lowest BCUT2D eigenvalue weighted by Gasteiger charge is -2.62. The summed E-state index contributed by atoms with van der Waals surface area (Å²) < 4.78 is 39.7. The molecule has 0 saturated heterocycles. The molecule has 4 aliphatic carbocycles. The Hall–Kier alpha value is -0.730. The van der Waals surface area contributed by atoms with Crippen LogP contribution >= 0.6 is 0 Å². The number of fused-ring (bicyclic) bond motifs is 5. The molecular weight excluding hydrogens is 401 g/mol. The third-order valence-corrected chi connectivity index (χ3v) is 10.6. The van der Waals surface area contributed by atoms with Gasteiger partial charge in [0, 0.05) is 0 Å². The smallest absolute Gasteiger partial charge is 0.383 e. The van der Waals surface area contributed by atoms with Crippen molar-refractivity contribution < 1.29 is 23.4 Å². The monoisotopic (exact) mass is 440 g/mol. The minimum atomic E-state index is -4.54. The molecule has 4 saturated carbocycles. The van der Waals surface area contributed by atoms with Gasteiger partial charge in [-0.15, -0.1) is 5.92 Å². The molecule has 0 amide bonds. The van der Waals surface area contributed by atoms with Crippen LogP contribution in [0.4, 0.5) is 13.2 Å². The van der Waals surface area contributed by atoms with E-state index in [4.69, 9.17) is 0 Å². The van der Waals surface area contributed by atoms with E-state index < -0.39 is 23.8 Å². The van der Waals surface area contributed by atoms with Gasteiger partial charge in [0.2, 0.25) is 0 Å². The van der Waals surface area contributed by atoms with Crippen molar-refractivity contribution in [1.82, 2.24) is 0 Å². The summed E-state index contributed by atoms with van der Waals surface area (Å²) in [7, 11) is 0. The maximum Gasteiger partial charge on any atom is 0.414 e. The van der Waals surface area contributed by atoms with Gasteiger partial charge in [-0.05, 0) is 111 Å². The molecule has 176 valence electrons. The van der Waals surface area contributed by atoms with E-state index in [1.807, 2.05) is 0 Å². The van der Waals surface area contributed by atoms with Gasteiger partial charge in [-0.1, -0.05) is 26.7 Å². The van der Waals surface area contributed by atoms with E-state index in [1.54, 1.807) is 13.8 Å². The van der Waals surface area contributed by atoms with E-state index in [1.165, 1.54) is 0 Å². The maximum absolute atomic E-state index is 13.2. The van der Waals surface area contributed by atoms with Crippen LogP contribution in [0.1, 0.15) is 85.5 Å². The predicted octanol–water partition coefficient (Wildman–Crippen LogP) is 5.96. The number of aliphatic hydroxyl groups is 2. The Bertz CT molecular complexity index is 754. The normalized spacial score (nSPS) is 49.1. The lowest BCUT2D eigenvalue weighted by Crippen LogP contribution is -2.56. The summed E-state index contributed by atoms with van der Waals surface area (Å²) >= 11 is 0. The third-order valence-electron chi connectivity index (χ3n) is 10.6. The molecule has 0 heterocycles. The zero-order valence-electron chi connectivity index (χ0n) is 19.4. The fourth-order valence-corrected chi connectivity index (χ4v) is 9.01. The third kappa shape index (κ3) is 3.65. The van der Waals surface area contributed by atoms with Crippen LogP contribution < -0.4 is 0 Å². The predicted molar refractivity (Wildman–Crippen MR) is 115 cm³/mol. The van der Waals surface area contributed by atoms with Crippen molar-refractivity contribution in [3.8, 4) is 11.8 Å². The second kappa shape index (κ2) is 7.66. The van der Waals surface area contributed by atoms with E-state index in [-0.39, 0.29) is 16.7 Å². The van der Waals surface area contributed by atoms with Crippen LogP contribution in [0.5, 0.6) is 0 Å². The molecule has 0 bridgehead atoms. The van der Waals surface area contributed by atoms with Crippen LogP contribution in [0.3, 0.4) is 0 Å². The average molecular weight is 441 g/mol. The largest absolute Gasteiger partial charge is 0.414 e. The van der Waals surface area contributed by atoms with Gasteiger partial charge in [-0.2, -0.15) is 13.2 Å². The fraction of sp³-hybridized carbons (Fsp3) is 0.923. The maximum atomic E-state index is 13.2. The molecule has 4 rings (SSSR count). The van der Waals surface area contributed by atoms with Crippen LogP contribution in [0.2, 0.25) is 0 Å². The van der Waals surface area contributed by atoms with Gasteiger partial charge < -0.3 is 10.2 Å². The first-order chi connectivity index (χ1) is 14.4. The Labute approximate surface area is 185 Å². The Kier molecular flexibility index (Phi) is 5.79. The van der Waals surface area contributed by atoms with E-state index in [2.05, 4.69) is 25.7 Å². The van der Waals surface area contributed by atoms with Crippen molar-refractivity contribution in [3.05, 3.63) is 0 Å². The van der Waals surface area contributed by atoms with Gasteiger partial charge in [0.25, 0.3) is 0 Å². The first-order valence-electron chi connectivity index (χ1n) is 12.3. The zero-order valence-corrected chi connectivity index (χ0v) is 19.4. The molecule has 0 aromatic rings. The first kappa shape index (κ1) is 23.4. The summed E-state index contributed by atoms with van der Waals surface area (Å²) in [6.45, 7) is 8.03. The van der Waals surface area contributed by atoms with Crippen LogP contribution in [0.15, 0.2) is 0 Å². The lowest BCUT2D eigenvalue weighted by molar-refractivity contribution is -0.228. The standard InChI is InChI=1S/C26H39F3O2/c1-5-11-25(31)14-13-23(3)17(15-25)6-7-18-20-9-8-19(16(2)22(30)26(27,28)29)24(20,4)12-10-21(18)23/h16-22,30-31H,6-10,12-15H2,1-4H3/t16-,17+,18-,19+,20-,21-,22-,23-,24+,25?/m0/s1. The Morgan fingerprint density at radius 3 is 2.26 bits per heavy atom. The molecule has 0 spiro atoms. The van der Waals surface area contributed by atoms with Crippen molar-refractivity contribution in [3.63, 3.8) is 0 Å². The molecule has 31 heavy (non-hydrogen) atoms. The Morgan fingerprint density at radius 2 is 1.61 bits per heavy atom. The summed E-state index contributed by atoms with van der Waals surface area (Å²) in [6.07, 6.45) is 1.71. The average Bonchev–Trinajstić information content (AvgIpc) is 3.04. The molecule has 0 aliphatic heterocycles. The number of halogens is 3. The van der Waals surface area contributed by atoms with Gasteiger partial charge in [-0.3, -0.25) is 0 Å². The number of aliphatic hydroxyl groups excluding tert-OH is 1. The molecule has 10 atom stereocenters. The van der Waals surface area contributed by atoms with Gasteiger partial charge in [-0.25, -0.2) is 0 Å². The molecule has 4 aliphatic rings. The van der Waals surface area contributed by atoms with Crippen LogP contribution in [0.25, 0.3) is 0 Å². The summed E-state index contributed by atoms with van der Waals surface area (Å²) in [4.78, 5) is 0. The fourth-order valence-electron chi connectivity index (χ4n) is 9.01. The lowest BCUT2D eigenvalue weighted by atomic mass is 9.43. The second-order valence-corrected chi connectivity index (χ2v) is 11.8. The van der Waals surface area contributed by atoms with Crippen molar-refractivity contribution >= 4 is 0 Å². The second-order valence-electron chi connectivity index (χ2n) is 11.8. The van der Waals surface area contributed by atoms with E-state index >= 15 is 0 Å². The molecule has 1 unspecified atom stereocenters. The number of rotatable bonds is 2. The summed E-state index contributed by atoms with van der Waals surface area (Å²) in [5, 5.41) is 20.9. The highest BCUT2D eigenvalue weighted by Gasteiger charge is 2.62. The molecule has 0 aromatic heterocycles. The minimum absolute atomic E-state index is 0.0723. The van der Waals surface area contributed by atoms with Crippen LogP contribution in [-0.4, -0.2) is 28.1 Å². The van der Waals surface area contributed by atoms with Crippen molar-refractivity contribution in [2.45, 2.75) is 103 Å². The highest BCUT2D eigenvalue weighted by atomic mass is 19.4. The highest BCUT2D eigenvalue weighted by molar-refractivity contribution is 5.18. The molecule has 0 radical (unpaired) electrons. The molecule has 4 fully saturated rings. The number of hydrogen-bond acceptors (Lipinski definition) is 2. The SMILES string of the molecule is CC#CC1(O)CC[C@@]2(C)[C@H](CC[C@@H]3[C@@H]2CC[C@]2(C)[C@@H]([C@H](C)[C@H](O)C(F)(F)F)CC[C@@H]32)C1. The topological polar surface area (TPSA) is 40.5 Å². The van der Waals surface area contributed by atoms with E-state index in [9.17, 15) is 23.4 Å². The molecule has 2 N–H and O–H groups in total. The number of hydrogen-bond donors (Lipinski definition) is 2. The van der Waals surface area contributed by atoms with E-state index in [0.29, 0.717) is 23.7 Å². The van der Waals surface area contributed by atoms with Crippen molar-refractivity contribution in [2.24, 2.45) is 46.3 Å². The van der Waals surface area contributed by atoms with Crippen LogP contribution in [0, 0.1) is 58.2 Å². The number of alkyl halides is 3. The quantitative estimate of drug-likeness (QED) is 0.520. The molecule has 0 aromatic carbocycles. The summed E-state index contributed by atoms with van der Waals surface area (Å²) in [5.74, 6) is 7.21. The Balaban J connectivity index is 1.54. The first-order valence-corrected chi connectivity index (χ1v) is 12.3. The summed E-state index contributed by atoms with van der Waals surface area (Å²) in [5.41, 5.74) is -0.767. The molecule has 2 nitrogen and oxygen atoms in total.